The van der Waals surface area contributed by atoms with Gasteiger partial charge in [-0.3, -0.25) is 4.79 Å². The maximum atomic E-state index is 10.7. The predicted molar refractivity (Wildman–Crippen MR) is 60.8 cm³/mol. The number of hydrogen-bond donors (Lipinski definition) is 1. The minimum absolute atomic E-state index is 0.228. The molecule has 2 aromatic rings. The molecule has 0 aliphatic rings. The van der Waals surface area contributed by atoms with Crippen molar-refractivity contribution < 1.29 is 9.90 Å². The van der Waals surface area contributed by atoms with E-state index in [-0.39, 0.29) is 12.4 Å². The molecule has 0 saturated heterocycles. The fraction of sp³-hybridized carbons (Fsp3) is 0.625. The van der Waals surface area contributed by atoms with Crippen LogP contribution in [0.1, 0.15) is 0 Å². The molecule has 102 valence electrons. The van der Waals surface area contributed by atoms with Crippen LogP contribution in [0.2, 0.25) is 0 Å². The smallest absolute Gasteiger partial charge is 0.325 e. The summed E-state index contributed by atoms with van der Waals surface area (Å²) in [6, 6.07) is 0. The summed E-state index contributed by atoms with van der Waals surface area (Å²) in [6.07, 6.45) is 0. The van der Waals surface area contributed by atoms with Gasteiger partial charge >= 0.3 is 5.97 Å². The summed E-state index contributed by atoms with van der Waals surface area (Å²) in [5.74, 6) is -0.472. The first-order valence-electron chi connectivity index (χ1n) is 5.47. The van der Waals surface area contributed by atoms with Crippen LogP contribution in [0.5, 0.6) is 0 Å². The van der Waals surface area contributed by atoms with Crippen molar-refractivity contribution in [1.29, 1.82) is 0 Å². The summed E-state index contributed by atoms with van der Waals surface area (Å²) in [5, 5.41) is 30.8. The van der Waals surface area contributed by atoms with Crippen molar-refractivity contribution in [3.63, 3.8) is 0 Å². The van der Waals surface area contributed by atoms with Gasteiger partial charge < -0.3 is 10.0 Å². The van der Waals surface area contributed by atoms with E-state index in [1.54, 1.807) is 0 Å². The molecule has 2 heterocycles. The summed E-state index contributed by atoms with van der Waals surface area (Å²) >= 11 is 0. The number of hydrogen-bond acceptors (Lipinski definition) is 8. The molecule has 0 amide bonds. The van der Waals surface area contributed by atoms with E-state index in [2.05, 4.69) is 31.1 Å². The van der Waals surface area contributed by atoms with Crippen molar-refractivity contribution in [3.8, 4) is 11.6 Å². The van der Waals surface area contributed by atoms with Gasteiger partial charge in [-0.25, -0.2) is 9.36 Å². The van der Waals surface area contributed by atoms with Crippen molar-refractivity contribution in [2.24, 2.45) is 0 Å². The Balaban J connectivity index is 2.24. The van der Waals surface area contributed by atoms with Gasteiger partial charge in [-0.05, 0) is 34.9 Å². The lowest BCUT2D eigenvalue weighted by molar-refractivity contribution is -0.137. The molecule has 0 unspecified atom stereocenters. The van der Waals surface area contributed by atoms with E-state index in [1.807, 2.05) is 19.0 Å². The van der Waals surface area contributed by atoms with E-state index >= 15 is 0 Å². The summed E-state index contributed by atoms with van der Waals surface area (Å²) in [6.45, 7) is 0.941. The molecular weight excluding hydrogens is 254 g/mol. The third-order valence-electron chi connectivity index (χ3n) is 2.31. The Morgan fingerprint density at radius 1 is 1.16 bits per heavy atom. The first kappa shape index (κ1) is 13.0. The zero-order valence-electron chi connectivity index (χ0n) is 10.5. The average Bonchev–Trinajstić information content (AvgIpc) is 2.93. The van der Waals surface area contributed by atoms with Gasteiger partial charge in [0.05, 0.1) is 6.54 Å². The molecule has 0 aromatic carbocycles. The zero-order chi connectivity index (χ0) is 13.8. The largest absolute Gasteiger partial charge is 0.480 e. The second kappa shape index (κ2) is 5.48. The van der Waals surface area contributed by atoms with Crippen LogP contribution in [-0.4, -0.2) is 77.0 Å². The van der Waals surface area contributed by atoms with E-state index in [9.17, 15) is 4.79 Å². The fourth-order valence-corrected chi connectivity index (χ4v) is 1.41. The molecule has 11 nitrogen and oxygen atoms in total. The molecule has 2 aromatic heterocycles. The molecule has 0 bridgehead atoms. The highest BCUT2D eigenvalue weighted by molar-refractivity contribution is 5.67. The number of carboxylic acid groups (broad SMARTS) is 1. The van der Waals surface area contributed by atoms with Crippen molar-refractivity contribution >= 4 is 5.97 Å². The van der Waals surface area contributed by atoms with Gasteiger partial charge in [0.1, 0.15) is 6.54 Å². The highest BCUT2D eigenvalue weighted by Crippen LogP contribution is 2.10. The minimum Gasteiger partial charge on any atom is -0.480 e. The predicted octanol–water partition coefficient (Wildman–Crippen LogP) is -2.03. The number of rotatable bonds is 6. The van der Waals surface area contributed by atoms with Gasteiger partial charge in [0, 0.05) is 6.54 Å². The molecule has 11 heteroatoms. The van der Waals surface area contributed by atoms with Crippen molar-refractivity contribution in [1.82, 2.24) is 45.3 Å². The number of carboxylic acids is 1. The summed E-state index contributed by atoms with van der Waals surface area (Å²) in [5.41, 5.74) is 0. The quantitative estimate of drug-likeness (QED) is 0.630. The Labute approximate surface area is 107 Å². The Kier molecular flexibility index (Phi) is 3.75. The second-order valence-corrected chi connectivity index (χ2v) is 4.08. The molecule has 2 rings (SSSR count). The number of carbonyl (C=O) groups is 1. The standard InChI is InChI=1S/C8H13N9O2/c1-15(2)3-4-16-7(9-11-13-16)8-10-12-14-17(8)5-6(18)19/h3-5H2,1-2H3,(H,18,19). The van der Waals surface area contributed by atoms with Gasteiger partial charge in [0.15, 0.2) is 0 Å². The second-order valence-electron chi connectivity index (χ2n) is 4.08. The molecule has 0 atom stereocenters. The number of tetrazole rings is 2. The Morgan fingerprint density at radius 2 is 1.74 bits per heavy atom. The van der Waals surface area contributed by atoms with Gasteiger partial charge in [-0.2, -0.15) is 0 Å². The summed E-state index contributed by atoms with van der Waals surface area (Å²) < 4.78 is 2.67. The lowest BCUT2D eigenvalue weighted by Gasteiger charge is -2.09. The molecule has 19 heavy (non-hydrogen) atoms. The fourth-order valence-electron chi connectivity index (χ4n) is 1.41. The summed E-state index contributed by atoms with van der Waals surface area (Å²) in [7, 11) is 3.86. The molecule has 0 aliphatic carbocycles. The SMILES string of the molecule is CN(C)CCn1nnnc1-c1nnnn1CC(=O)O. The van der Waals surface area contributed by atoms with Crippen LogP contribution in [0.3, 0.4) is 0 Å². The number of aromatic nitrogens is 8. The van der Waals surface area contributed by atoms with Crippen LogP contribution in [0.15, 0.2) is 0 Å². The van der Waals surface area contributed by atoms with E-state index in [4.69, 9.17) is 5.11 Å². The molecular formula is C8H13N9O2. The summed E-state index contributed by atoms with van der Waals surface area (Å²) in [4.78, 5) is 12.7. The number of likely N-dealkylation sites (N-methyl/N-ethyl adjacent to an activating group) is 1. The first-order chi connectivity index (χ1) is 9.08. The average molecular weight is 267 g/mol. The number of nitrogens with zero attached hydrogens (tertiary/aromatic N) is 9. The zero-order valence-corrected chi connectivity index (χ0v) is 10.5. The van der Waals surface area contributed by atoms with Gasteiger partial charge in [-0.15, -0.1) is 10.2 Å². The molecule has 1 N–H and O–H groups in total. The first-order valence-corrected chi connectivity index (χ1v) is 5.47. The monoisotopic (exact) mass is 267 g/mol. The van der Waals surface area contributed by atoms with Gasteiger partial charge in [0.25, 0.3) is 0 Å². The van der Waals surface area contributed by atoms with E-state index in [0.29, 0.717) is 12.4 Å². The normalized spacial score (nSPS) is 11.1. The minimum atomic E-state index is -1.04. The van der Waals surface area contributed by atoms with E-state index in [1.165, 1.54) is 4.68 Å². The Bertz CT molecular complexity index is 560. The van der Waals surface area contributed by atoms with Crippen molar-refractivity contribution in [2.45, 2.75) is 13.1 Å². The lowest BCUT2D eigenvalue weighted by Crippen LogP contribution is -2.20. The molecule has 0 aliphatic heterocycles. The molecule has 0 fully saturated rings. The third kappa shape index (κ3) is 3.07. The van der Waals surface area contributed by atoms with Crippen molar-refractivity contribution in [2.75, 3.05) is 20.6 Å². The Hall–Kier alpha value is -2.43. The highest BCUT2D eigenvalue weighted by Gasteiger charge is 2.18. The van der Waals surface area contributed by atoms with Crippen molar-refractivity contribution in [3.05, 3.63) is 0 Å². The Morgan fingerprint density at radius 3 is 2.32 bits per heavy atom. The van der Waals surface area contributed by atoms with E-state index in [0.717, 1.165) is 11.2 Å². The van der Waals surface area contributed by atoms with Crippen LogP contribution in [0.4, 0.5) is 0 Å². The van der Waals surface area contributed by atoms with Crippen LogP contribution in [-0.2, 0) is 17.9 Å². The third-order valence-corrected chi connectivity index (χ3v) is 2.31. The van der Waals surface area contributed by atoms with E-state index < -0.39 is 5.97 Å². The maximum Gasteiger partial charge on any atom is 0.325 e. The van der Waals surface area contributed by atoms with Gasteiger partial charge in [0.2, 0.25) is 11.6 Å². The molecule has 0 saturated carbocycles. The lowest BCUT2D eigenvalue weighted by atomic mass is 10.5. The van der Waals surface area contributed by atoms with Crippen LogP contribution in [0.25, 0.3) is 11.6 Å². The van der Waals surface area contributed by atoms with Gasteiger partial charge in [-0.1, -0.05) is 0 Å². The van der Waals surface area contributed by atoms with Crippen LogP contribution >= 0.6 is 0 Å². The number of aliphatic carboxylic acids is 1. The molecule has 0 radical (unpaired) electrons. The highest BCUT2D eigenvalue weighted by atomic mass is 16.4. The molecule has 0 spiro atoms. The van der Waals surface area contributed by atoms with Crippen LogP contribution < -0.4 is 0 Å². The maximum absolute atomic E-state index is 10.7. The van der Waals surface area contributed by atoms with Crippen LogP contribution in [0, 0.1) is 0 Å². The topological polar surface area (TPSA) is 128 Å².